The average molecular weight is 369 g/mol. The molecule has 1 aliphatic rings. The summed E-state index contributed by atoms with van der Waals surface area (Å²) in [4.78, 5) is 30.7. The van der Waals surface area contributed by atoms with E-state index in [9.17, 15) is 9.67 Å². The van der Waals surface area contributed by atoms with Crippen LogP contribution in [0, 0.1) is 5.92 Å². The van der Waals surface area contributed by atoms with E-state index < -0.39 is 20.2 Å². The Morgan fingerprint density at radius 2 is 2.12 bits per heavy atom. The van der Waals surface area contributed by atoms with Crippen molar-refractivity contribution in [1.82, 2.24) is 23.9 Å². The Kier molecular flexibility index (Phi) is 4.07. The molecule has 1 fully saturated rings. The molecule has 3 N–H and O–H groups in total. The molecule has 12 heteroatoms. The zero-order valence-electron chi connectivity index (χ0n) is 12.9. The number of fused-ring (bicyclic) bond motifs is 3. The van der Waals surface area contributed by atoms with Crippen LogP contribution in [0.1, 0.15) is 12.6 Å². The number of rotatable bonds is 5. The van der Waals surface area contributed by atoms with Crippen molar-refractivity contribution in [2.75, 3.05) is 13.2 Å². The van der Waals surface area contributed by atoms with Crippen LogP contribution in [0.4, 0.5) is 0 Å². The lowest BCUT2D eigenvalue weighted by molar-refractivity contribution is -0.0329. The maximum atomic E-state index is 10.9. The fourth-order valence-corrected chi connectivity index (χ4v) is 3.39. The van der Waals surface area contributed by atoms with Crippen molar-refractivity contribution in [3.05, 3.63) is 25.0 Å². The highest BCUT2D eigenvalue weighted by Gasteiger charge is 2.38. The third kappa shape index (κ3) is 3.06. The quantitative estimate of drug-likeness (QED) is 0.533. The van der Waals surface area contributed by atoms with E-state index in [0.29, 0.717) is 23.2 Å². The molecule has 0 aromatic carbocycles. The summed E-state index contributed by atoms with van der Waals surface area (Å²) >= 11 is 0. The zero-order valence-corrected chi connectivity index (χ0v) is 13.8. The van der Waals surface area contributed by atoms with Crippen LogP contribution >= 0.6 is 7.82 Å². The second kappa shape index (κ2) is 6.13. The SMILES string of the molecule is O=P(O)(O)OC[C@H]1O[C@@H](n2cnc3c2ncn2ccnc32)CC1CO. The number of imidazole rings is 2. The molecule has 0 amide bonds. The second-order valence-electron chi connectivity index (χ2n) is 5.82. The van der Waals surface area contributed by atoms with Crippen LogP contribution < -0.4 is 0 Å². The highest BCUT2D eigenvalue weighted by molar-refractivity contribution is 7.46. The van der Waals surface area contributed by atoms with Gasteiger partial charge in [0.2, 0.25) is 0 Å². The fourth-order valence-electron chi connectivity index (χ4n) is 3.05. The maximum Gasteiger partial charge on any atom is 0.469 e. The molecule has 0 radical (unpaired) electrons. The highest BCUT2D eigenvalue weighted by Crippen LogP contribution is 2.40. The Balaban J connectivity index is 1.61. The Morgan fingerprint density at radius 1 is 1.28 bits per heavy atom. The number of aliphatic hydroxyl groups is 1. The average Bonchev–Trinajstić information content (AvgIpc) is 3.27. The maximum absolute atomic E-state index is 10.9. The summed E-state index contributed by atoms with van der Waals surface area (Å²) in [6.45, 7) is -0.493. The molecular formula is C13H16N5O6P. The van der Waals surface area contributed by atoms with E-state index in [2.05, 4.69) is 19.5 Å². The van der Waals surface area contributed by atoms with Crippen LogP contribution in [0.15, 0.2) is 25.0 Å². The predicted molar refractivity (Wildman–Crippen MR) is 83.4 cm³/mol. The van der Waals surface area contributed by atoms with Gasteiger partial charge in [-0.15, -0.1) is 0 Å². The van der Waals surface area contributed by atoms with Crippen LogP contribution in [0.3, 0.4) is 0 Å². The lowest BCUT2D eigenvalue weighted by Crippen LogP contribution is -2.24. The summed E-state index contributed by atoms with van der Waals surface area (Å²) in [6, 6.07) is 0. The molecule has 1 aliphatic heterocycles. The van der Waals surface area contributed by atoms with E-state index in [1.165, 1.54) is 0 Å². The van der Waals surface area contributed by atoms with Gasteiger partial charge in [0.15, 0.2) is 16.8 Å². The van der Waals surface area contributed by atoms with Gasteiger partial charge in [-0.2, -0.15) is 0 Å². The van der Waals surface area contributed by atoms with Crippen LogP contribution in [0.25, 0.3) is 16.8 Å². The van der Waals surface area contributed by atoms with Gasteiger partial charge < -0.3 is 19.6 Å². The van der Waals surface area contributed by atoms with Gasteiger partial charge in [-0.1, -0.05) is 0 Å². The lowest BCUT2D eigenvalue weighted by atomic mass is 10.0. The summed E-state index contributed by atoms with van der Waals surface area (Å²) in [6.07, 6.45) is 5.95. The number of ether oxygens (including phenoxy) is 1. The Labute approximate surface area is 141 Å². The first-order valence-electron chi connectivity index (χ1n) is 7.57. The van der Waals surface area contributed by atoms with Crippen molar-refractivity contribution in [2.45, 2.75) is 18.8 Å². The number of aromatic nitrogens is 5. The van der Waals surface area contributed by atoms with Gasteiger partial charge in [0.05, 0.1) is 19.0 Å². The van der Waals surface area contributed by atoms with E-state index in [4.69, 9.17) is 14.5 Å². The molecule has 1 saturated heterocycles. The van der Waals surface area contributed by atoms with Crippen molar-refractivity contribution in [3.8, 4) is 0 Å². The number of hydrogen-bond donors (Lipinski definition) is 3. The molecule has 3 atom stereocenters. The van der Waals surface area contributed by atoms with Gasteiger partial charge >= 0.3 is 7.82 Å². The molecule has 4 heterocycles. The Morgan fingerprint density at radius 3 is 2.88 bits per heavy atom. The van der Waals surface area contributed by atoms with Crippen LogP contribution in [-0.2, 0) is 13.8 Å². The monoisotopic (exact) mass is 369 g/mol. The van der Waals surface area contributed by atoms with Gasteiger partial charge in [0.1, 0.15) is 12.6 Å². The number of phosphoric ester groups is 1. The number of aliphatic hydroxyl groups excluding tert-OH is 1. The van der Waals surface area contributed by atoms with Crippen molar-refractivity contribution >= 4 is 24.6 Å². The van der Waals surface area contributed by atoms with E-state index >= 15 is 0 Å². The van der Waals surface area contributed by atoms with Crippen molar-refractivity contribution < 1.29 is 28.7 Å². The fraction of sp³-hybridized carbons (Fsp3) is 0.462. The van der Waals surface area contributed by atoms with Gasteiger partial charge in [0.25, 0.3) is 0 Å². The summed E-state index contributed by atoms with van der Waals surface area (Å²) in [5, 5.41) is 9.52. The smallest absolute Gasteiger partial charge is 0.396 e. The summed E-state index contributed by atoms with van der Waals surface area (Å²) in [7, 11) is -4.60. The largest absolute Gasteiger partial charge is 0.469 e. The number of nitrogens with zero attached hydrogens (tertiary/aromatic N) is 5. The van der Waals surface area contributed by atoms with E-state index in [1.807, 2.05) is 0 Å². The normalized spacial score (nSPS) is 24.5. The van der Waals surface area contributed by atoms with Crippen LogP contribution in [0.2, 0.25) is 0 Å². The van der Waals surface area contributed by atoms with Crippen LogP contribution in [0.5, 0.6) is 0 Å². The topological polar surface area (TPSA) is 144 Å². The van der Waals surface area contributed by atoms with E-state index in [0.717, 1.165) is 0 Å². The van der Waals surface area contributed by atoms with Crippen molar-refractivity contribution in [3.63, 3.8) is 0 Å². The Hall–Kier alpha value is -1.88. The molecule has 25 heavy (non-hydrogen) atoms. The molecule has 0 bridgehead atoms. The molecular weight excluding hydrogens is 353 g/mol. The highest BCUT2D eigenvalue weighted by atomic mass is 31.2. The molecule has 3 aromatic rings. The molecule has 4 rings (SSSR count). The summed E-state index contributed by atoms with van der Waals surface area (Å²) < 4.78 is 24.7. The van der Waals surface area contributed by atoms with Crippen LogP contribution in [-0.4, -0.2) is 58.1 Å². The number of hydrogen-bond acceptors (Lipinski definition) is 7. The third-order valence-corrected chi connectivity index (χ3v) is 4.75. The van der Waals surface area contributed by atoms with Gasteiger partial charge in [-0.05, 0) is 0 Å². The van der Waals surface area contributed by atoms with E-state index in [-0.39, 0.29) is 19.1 Å². The van der Waals surface area contributed by atoms with Gasteiger partial charge in [-0.25, -0.2) is 19.5 Å². The molecule has 3 aromatic heterocycles. The number of phosphoric acid groups is 1. The van der Waals surface area contributed by atoms with Crippen molar-refractivity contribution in [1.29, 1.82) is 0 Å². The molecule has 11 nitrogen and oxygen atoms in total. The second-order valence-corrected chi connectivity index (χ2v) is 7.06. The van der Waals surface area contributed by atoms with Gasteiger partial charge in [-0.3, -0.25) is 13.5 Å². The Bertz CT molecular complexity index is 951. The first kappa shape index (κ1) is 16.6. The summed E-state index contributed by atoms with van der Waals surface area (Å²) in [5.41, 5.74) is 1.87. The first-order chi connectivity index (χ1) is 12.0. The molecule has 0 saturated carbocycles. The minimum Gasteiger partial charge on any atom is -0.396 e. The molecule has 1 unspecified atom stereocenters. The van der Waals surface area contributed by atoms with Gasteiger partial charge in [0, 0.05) is 31.3 Å². The molecule has 134 valence electrons. The minimum atomic E-state index is -4.60. The zero-order chi connectivity index (χ0) is 17.6. The van der Waals surface area contributed by atoms with Crippen molar-refractivity contribution in [2.24, 2.45) is 5.92 Å². The molecule has 0 aliphatic carbocycles. The standard InChI is InChI=1S/C13H16N5O6P/c19-4-8-3-10(24-9(8)5-23-25(20,21)22)18-7-15-11-12-14-1-2-17(12)6-16-13(11)18/h1-2,6-10,19H,3-5H2,(H2,20,21,22)/t8?,9-,10-/m1/s1. The summed E-state index contributed by atoms with van der Waals surface area (Å²) in [5.74, 6) is -0.316. The molecule has 0 spiro atoms. The minimum absolute atomic E-state index is 0.184. The van der Waals surface area contributed by atoms with E-state index in [1.54, 1.807) is 34.0 Å². The lowest BCUT2D eigenvalue weighted by Gasteiger charge is -2.17. The predicted octanol–water partition coefficient (Wildman–Crippen LogP) is 0.0843. The third-order valence-electron chi connectivity index (χ3n) is 4.27. The first-order valence-corrected chi connectivity index (χ1v) is 9.10.